The number of hydrogen-bond acceptors (Lipinski definition) is 3. The highest BCUT2D eigenvalue weighted by molar-refractivity contribution is 6.18. The second-order valence-electron chi connectivity index (χ2n) is 6.07. The third-order valence-electron chi connectivity index (χ3n) is 2.85. The summed E-state index contributed by atoms with van der Waals surface area (Å²) < 4.78 is 5.29. The molecule has 0 spiro atoms. The Morgan fingerprint density at radius 3 is 2.50 bits per heavy atom. The molecule has 0 aromatic heterocycles. The molecule has 0 aliphatic heterocycles. The van der Waals surface area contributed by atoms with Gasteiger partial charge in [0.05, 0.1) is 5.88 Å². The summed E-state index contributed by atoms with van der Waals surface area (Å²) in [6, 6.07) is 0. The first-order valence-electron chi connectivity index (χ1n) is 7.05. The zero-order valence-electron chi connectivity index (χ0n) is 13.1. The SMILES string of the molecule is C=CCC[C@@H](C)CCN(C(=O)OC(C)(C)C)[C@@H](O)CCl. The Labute approximate surface area is 127 Å². The van der Waals surface area contributed by atoms with Crippen molar-refractivity contribution in [1.82, 2.24) is 4.90 Å². The van der Waals surface area contributed by atoms with Gasteiger partial charge in [-0.2, -0.15) is 0 Å². The van der Waals surface area contributed by atoms with Gasteiger partial charge in [-0.1, -0.05) is 13.0 Å². The fourth-order valence-corrected chi connectivity index (χ4v) is 1.84. The number of hydrogen-bond donors (Lipinski definition) is 1. The minimum Gasteiger partial charge on any atom is -0.444 e. The number of aliphatic hydroxyl groups is 1. The quantitative estimate of drug-likeness (QED) is 0.422. The molecule has 0 aromatic carbocycles. The maximum atomic E-state index is 12.1. The van der Waals surface area contributed by atoms with Crippen LogP contribution >= 0.6 is 11.6 Å². The lowest BCUT2D eigenvalue weighted by molar-refractivity contribution is -0.0233. The monoisotopic (exact) mass is 305 g/mol. The minimum absolute atomic E-state index is 0.0275. The molecule has 20 heavy (non-hydrogen) atoms. The highest BCUT2D eigenvalue weighted by Crippen LogP contribution is 2.16. The lowest BCUT2D eigenvalue weighted by atomic mass is 10.0. The first-order chi connectivity index (χ1) is 9.21. The highest BCUT2D eigenvalue weighted by atomic mass is 35.5. The first-order valence-corrected chi connectivity index (χ1v) is 7.59. The molecule has 4 nitrogen and oxygen atoms in total. The van der Waals surface area contributed by atoms with Gasteiger partial charge in [0.1, 0.15) is 11.8 Å². The van der Waals surface area contributed by atoms with Crippen LogP contribution in [0.2, 0.25) is 0 Å². The van der Waals surface area contributed by atoms with Crippen molar-refractivity contribution in [2.45, 2.75) is 58.8 Å². The van der Waals surface area contributed by atoms with Crippen molar-refractivity contribution in [3.63, 3.8) is 0 Å². The normalized spacial score (nSPS) is 14.5. The van der Waals surface area contributed by atoms with Gasteiger partial charge >= 0.3 is 6.09 Å². The van der Waals surface area contributed by atoms with Crippen LogP contribution in [0.1, 0.15) is 47.0 Å². The Morgan fingerprint density at radius 2 is 2.05 bits per heavy atom. The lowest BCUT2D eigenvalue weighted by Crippen LogP contribution is -2.45. The van der Waals surface area contributed by atoms with Crippen molar-refractivity contribution < 1.29 is 14.6 Å². The van der Waals surface area contributed by atoms with E-state index in [1.54, 1.807) is 20.8 Å². The Bertz CT molecular complexity index is 302. The molecular weight excluding hydrogens is 278 g/mol. The molecule has 0 saturated heterocycles. The number of ether oxygens (including phenoxy) is 1. The molecule has 0 aliphatic carbocycles. The Hall–Kier alpha value is -0.740. The summed E-state index contributed by atoms with van der Waals surface area (Å²) >= 11 is 5.65. The number of alkyl halides is 1. The van der Waals surface area contributed by atoms with Gasteiger partial charge in [0, 0.05) is 6.54 Å². The highest BCUT2D eigenvalue weighted by Gasteiger charge is 2.26. The Morgan fingerprint density at radius 1 is 1.45 bits per heavy atom. The number of amides is 1. The maximum absolute atomic E-state index is 12.1. The van der Waals surface area contributed by atoms with E-state index in [0.717, 1.165) is 19.3 Å². The van der Waals surface area contributed by atoms with Gasteiger partial charge in [-0.05, 0) is 46.0 Å². The van der Waals surface area contributed by atoms with Crippen molar-refractivity contribution in [3.05, 3.63) is 12.7 Å². The number of aliphatic hydroxyl groups excluding tert-OH is 1. The van der Waals surface area contributed by atoms with Crippen LogP contribution in [0.3, 0.4) is 0 Å². The van der Waals surface area contributed by atoms with Crippen molar-refractivity contribution in [2.24, 2.45) is 5.92 Å². The van der Waals surface area contributed by atoms with E-state index < -0.39 is 17.9 Å². The van der Waals surface area contributed by atoms with Crippen LogP contribution < -0.4 is 0 Å². The van der Waals surface area contributed by atoms with E-state index in [4.69, 9.17) is 16.3 Å². The second-order valence-corrected chi connectivity index (χ2v) is 6.38. The first kappa shape index (κ1) is 19.3. The lowest BCUT2D eigenvalue weighted by Gasteiger charge is -2.30. The molecule has 0 aliphatic rings. The van der Waals surface area contributed by atoms with Gasteiger partial charge in [-0.15, -0.1) is 18.2 Å². The maximum Gasteiger partial charge on any atom is 0.412 e. The third-order valence-corrected chi connectivity index (χ3v) is 3.13. The molecule has 0 rings (SSSR count). The van der Waals surface area contributed by atoms with E-state index in [-0.39, 0.29) is 5.88 Å². The molecule has 5 heteroatoms. The Kier molecular flexibility index (Phi) is 8.90. The van der Waals surface area contributed by atoms with E-state index in [1.807, 2.05) is 6.08 Å². The second kappa shape index (κ2) is 9.24. The topological polar surface area (TPSA) is 49.8 Å². The van der Waals surface area contributed by atoms with Crippen LogP contribution in [0.15, 0.2) is 12.7 Å². The molecule has 1 amide bonds. The molecule has 0 unspecified atom stereocenters. The zero-order chi connectivity index (χ0) is 15.8. The predicted molar refractivity (Wildman–Crippen MR) is 82.9 cm³/mol. The summed E-state index contributed by atoms with van der Waals surface area (Å²) in [4.78, 5) is 13.3. The molecule has 2 atom stereocenters. The smallest absolute Gasteiger partial charge is 0.412 e. The van der Waals surface area contributed by atoms with E-state index in [2.05, 4.69) is 13.5 Å². The molecule has 1 N–H and O–H groups in total. The zero-order valence-corrected chi connectivity index (χ0v) is 13.8. The predicted octanol–water partition coefficient (Wildman–Crippen LogP) is 3.77. The summed E-state index contributed by atoms with van der Waals surface area (Å²) in [5.41, 5.74) is -0.587. The fourth-order valence-electron chi connectivity index (χ4n) is 1.67. The summed E-state index contributed by atoms with van der Waals surface area (Å²) in [6.45, 7) is 11.6. The van der Waals surface area contributed by atoms with Gasteiger partial charge < -0.3 is 9.84 Å². The van der Waals surface area contributed by atoms with E-state index in [0.29, 0.717) is 12.5 Å². The standard InChI is InChI=1S/C15H28ClNO3/c1-6-7-8-12(2)9-10-17(13(18)11-16)14(19)20-15(3,4)5/h6,12-13,18H,1,7-11H2,2-5H3/t12-,13+/m1/s1. The van der Waals surface area contributed by atoms with Crippen molar-refractivity contribution >= 4 is 17.7 Å². The molecular formula is C15H28ClNO3. The largest absolute Gasteiger partial charge is 0.444 e. The van der Waals surface area contributed by atoms with Crippen LogP contribution in [-0.4, -0.2) is 40.4 Å². The summed E-state index contributed by atoms with van der Waals surface area (Å²) in [7, 11) is 0. The Balaban J connectivity index is 4.49. The van der Waals surface area contributed by atoms with E-state index in [1.165, 1.54) is 4.90 Å². The van der Waals surface area contributed by atoms with E-state index in [9.17, 15) is 9.90 Å². The number of rotatable bonds is 8. The van der Waals surface area contributed by atoms with Gasteiger partial charge in [-0.3, -0.25) is 4.90 Å². The van der Waals surface area contributed by atoms with Crippen molar-refractivity contribution in [1.29, 1.82) is 0 Å². The van der Waals surface area contributed by atoms with Gasteiger partial charge in [0.2, 0.25) is 0 Å². The van der Waals surface area contributed by atoms with E-state index >= 15 is 0 Å². The fraction of sp³-hybridized carbons (Fsp3) is 0.800. The molecule has 0 saturated carbocycles. The molecule has 0 bridgehead atoms. The summed E-state index contributed by atoms with van der Waals surface area (Å²) in [6.07, 6.45) is 3.10. The molecule has 0 heterocycles. The minimum atomic E-state index is -1.02. The molecule has 0 aromatic rings. The number of halogens is 1. The number of carbonyl (C=O) groups excluding carboxylic acids is 1. The van der Waals surface area contributed by atoms with Crippen LogP contribution in [-0.2, 0) is 4.74 Å². The average molecular weight is 306 g/mol. The van der Waals surface area contributed by atoms with Gasteiger partial charge in [0.15, 0.2) is 0 Å². The van der Waals surface area contributed by atoms with Gasteiger partial charge in [0.25, 0.3) is 0 Å². The molecule has 118 valence electrons. The third kappa shape index (κ3) is 8.43. The molecule has 0 radical (unpaired) electrons. The van der Waals surface area contributed by atoms with Crippen LogP contribution in [0.5, 0.6) is 0 Å². The number of allylic oxidation sites excluding steroid dienone is 1. The molecule has 0 fully saturated rings. The van der Waals surface area contributed by atoms with Crippen molar-refractivity contribution in [3.8, 4) is 0 Å². The van der Waals surface area contributed by atoms with Crippen LogP contribution in [0.4, 0.5) is 4.79 Å². The summed E-state index contributed by atoms with van der Waals surface area (Å²) in [5.74, 6) is 0.417. The summed E-state index contributed by atoms with van der Waals surface area (Å²) in [5, 5.41) is 9.85. The van der Waals surface area contributed by atoms with Gasteiger partial charge in [-0.25, -0.2) is 4.79 Å². The average Bonchev–Trinajstić information content (AvgIpc) is 2.33. The number of carbonyl (C=O) groups is 1. The number of nitrogens with zero attached hydrogens (tertiary/aromatic N) is 1. The van der Waals surface area contributed by atoms with Crippen LogP contribution in [0, 0.1) is 5.92 Å². The van der Waals surface area contributed by atoms with Crippen LogP contribution in [0.25, 0.3) is 0 Å². The van der Waals surface area contributed by atoms with Crippen molar-refractivity contribution in [2.75, 3.05) is 12.4 Å².